The second kappa shape index (κ2) is 6.56. The number of phenolic OH excluding ortho intramolecular Hbond substituents is 2. The second-order valence-corrected chi connectivity index (χ2v) is 6.21. The first-order valence-electron chi connectivity index (χ1n) is 7.31. The van der Waals surface area contributed by atoms with Gasteiger partial charge in [-0.2, -0.15) is 0 Å². The molecule has 8 heteroatoms. The third kappa shape index (κ3) is 3.38. The Labute approximate surface area is 146 Å². The van der Waals surface area contributed by atoms with Crippen LogP contribution < -0.4 is 0 Å². The first kappa shape index (κ1) is 16.4. The van der Waals surface area contributed by atoms with Gasteiger partial charge in [-0.1, -0.05) is 0 Å². The molecule has 0 spiro atoms. The standard InChI is InChI=1S/C16H15BrN2O5/c17-14-2-1-13(24-14)16(23)19-5-3-18(4-6-19)15(22)10-7-11(20)9-12(21)8-10/h1-2,7-9,20-21H,3-6H2. The van der Waals surface area contributed by atoms with Gasteiger partial charge in [0.1, 0.15) is 11.5 Å². The lowest BCUT2D eigenvalue weighted by Gasteiger charge is -2.34. The van der Waals surface area contributed by atoms with E-state index in [2.05, 4.69) is 15.9 Å². The molecule has 1 aliphatic rings. The van der Waals surface area contributed by atoms with Gasteiger partial charge in [-0.25, -0.2) is 0 Å². The predicted octanol–water partition coefficient (Wildman–Crippen LogP) is 2.05. The Kier molecular flexibility index (Phi) is 4.48. The molecule has 2 amide bonds. The van der Waals surface area contributed by atoms with Crippen LogP contribution in [0.2, 0.25) is 0 Å². The normalized spacial score (nSPS) is 14.7. The number of phenols is 2. The van der Waals surface area contributed by atoms with Gasteiger partial charge >= 0.3 is 0 Å². The highest BCUT2D eigenvalue weighted by Gasteiger charge is 2.27. The molecular weight excluding hydrogens is 380 g/mol. The molecule has 3 rings (SSSR count). The summed E-state index contributed by atoms with van der Waals surface area (Å²) in [7, 11) is 0. The number of rotatable bonds is 2. The molecule has 1 fully saturated rings. The predicted molar refractivity (Wildman–Crippen MR) is 88.0 cm³/mol. The monoisotopic (exact) mass is 394 g/mol. The maximum Gasteiger partial charge on any atom is 0.289 e. The van der Waals surface area contributed by atoms with Crippen LogP contribution in [0.4, 0.5) is 0 Å². The molecule has 24 heavy (non-hydrogen) atoms. The molecule has 1 saturated heterocycles. The zero-order valence-electron chi connectivity index (χ0n) is 12.6. The SMILES string of the molecule is O=C(c1cc(O)cc(O)c1)N1CCN(C(=O)c2ccc(Br)o2)CC1. The van der Waals surface area contributed by atoms with E-state index in [-0.39, 0.29) is 34.6 Å². The summed E-state index contributed by atoms with van der Waals surface area (Å²) < 4.78 is 5.75. The molecule has 0 radical (unpaired) electrons. The fraction of sp³-hybridized carbons (Fsp3) is 0.250. The molecule has 2 aromatic rings. The van der Waals surface area contributed by atoms with Gasteiger partial charge in [0.2, 0.25) is 0 Å². The largest absolute Gasteiger partial charge is 0.508 e. The van der Waals surface area contributed by atoms with Gasteiger partial charge in [0, 0.05) is 37.8 Å². The van der Waals surface area contributed by atoms with Crippen molar-refractivity contribution in [3.8, 4) is 11.5 Å². The number of furan rings is 1. The van der Waals surface area contributed by atoms with Gasteiger partial charge in [-0.05, 0) is 40.2 Å². The summed E-state index contributed by atoms with van der Waals surface area (Å²) in [5, 5.41) is 19.0. The van der Waals surface area contributed by atoms with Crippen molar-refractivity contribution in [2.75, 3.05) is 26.2 Å². The van der Waals surface area contributed by atoms with Gasteiger partial charge in [-0.15, -0.1) is 0 Å². The van der Waals surface area contributed by atoms with E-state index in [0.717, 1.165) is 6.07 Å². The van der Waals surface area contributed by atoms with Crippen molar-refractivity contribution in [2.24, 2.45) is 0 Å². The van der Waals surface area contributed by atoms with Crippen LogP contribution in [-0.4, -0.2) is 58.0 Å². The number of aromatic hydroxyl groups is 2. The first-order valence-corrected chi connectivity index (χ1v) is 8.10. The Morgan fingerprint density at radius 1 is 0.917 bits per heavy atom. The Morgan fingerprint density at radius 2 is 1.46 bits per heavy atom. The van der Waals surface area contributed by atoms with Crippen molar-refractivity contribution >= 4 is 27.7 Å². The van der Waals surface area contributed by atoms with Crippen LogP contribution in [0.3, 0.4) is 0 Å². The van der Waals surface area contributed by atoms with Crippen LogP contribution >= 0.6 is 15.9 Å². The minimum absolute atomic E-state index is 0.171. The highest BCUT2D eigenvalue weighted by atomic mass is 79.9. The molecule has 0 aliphatic carbocycles. The number of halogens is 1. The molecule has 2 heterocycles. The van der Waals surface area contributed by atoms with Crippen molar-refractivity contribution in [1.82, 2.24) is 9.80 Å². The van der Waals surface area contributed by atoms with E-state index >= 15 is 0 Å². The van der Waals surface area contributed by atoms with E-state index in [4.69, 9.17) is 4.42 Å². The van der Waals surface area contributed by atoms with Crippen LogP contribution in [0.15, 0.2) is 39.4 Å². The number of hydrogen-bond donors (Lipinski definition) is 2. The number of carbonyl (C=O) groups is 2. The topological polar surface area (TPSA) is 94.2 Å². The Bertz CT molecular complexity index is 760. The van der Waals surface area contributed by atoms with E-state index in [1.54, 1.807) is 21.9 Å². The van der Waals surface area contributed by atoms with E-state index in [9.17, 15) is 19.8 Å². The van der Waals surface area contributed by atoms with E-state index in [1.807, 2.05) is 0 Å². The van der Waals surface area contributed by atoms with Gasteiger partial charge < -0.3 is 24.4 Å². The number of piperazine rings is 1. The number of nitrogens with zero attached hydrogens (tertiary/aromatic N) is 2. The van der Waals surface area contributed by atoms with E-state index in [1.165, 1.54) is 12.1 Å². The van der Waals surface area contributed by atoms with Crippen LogP contribution in [0, 0.1) is 0 Å². The van der Waals surface area contributed by atoms with Gasteiger partial charge in [-0.3, -0.25) is 9.59 Å². The molecule has 1 aromatic heterocycles. The molecule has 0 bridgehead atoms. The summed E-state index contributed by atoms with van der Waals surface area (Å²) in [5.41, 5.74) is 0.210. The number of carbonyl (C=O) groups excluding carboxylic acids is 2. The van der Waals surface area contributed by atoms with Crippen molar-refractivity contribution in [3.63, 3.8) is 0 Å². The average molecular weight is 395 g/mol. The minimum Gasteiger partial charge on any atom is -0.508 e. The summed E-state index contributed by atoms with van der Waals surface area (Å²) in [6.07, 6.45) is 0. The van der Waals surface area contributed by atoms with Gasteiger partial charge in [0.05, 0.1) is 0 Å². The van der Waals surface area contributed by atoms with Crippen LogP contribution in [0.1, 0.15) is 20.9 Å². The molecule has 1 aliphatic heterocycles. The van der Waals surface area contributed by atoms with Crippen molar-refractivity contribution in [3.05, 3.63) is 46.3 Å². The maximum atomic E-state index is 12.4. The lowest BCUT2D eigenvalue weighted by molar-refractivity contribution is 0.0517. The molecule has 7 nitrogen and oxygen atoms in total. The highest BCUT2D eigenvalue weighted by Crippen LogP contribution is 2.22. The fourth-order valence-electron chi connectivity index (χ4n) is 2.60. The summed E-state index contributed by atoms with van der Waals surface area (Å²) in [6.45, 7) is 1.49. The third-order valence-corrected chi connectivity index (χ3v) is 4.21. The Morgan fingerprint density at radius 3 is 1.96 bits per heavy atom. The summed E-state index contributed by atoms with van der Waals surface area (Å²) in [5.74, 6) is -0.609. The molecule has 0 atom stereocenters. The maximum absolute atomic E-state index is 12.4. The highest BCUT2D eigenvalue weighted by molar-refractivity contribution is 9.10. The van der Waals surface area contributed by atoms with Crippen molar-refractivity contribution in [1.29, 1.82) is 0 Å². The van der Waals surface area contributed by atoms with Gasteiger partial charge in [0.25, 0.3) is 11.8 Å². The molecule has 0 saturated carbocycles. The smallest absolute Gasteiger partial charge is 0.289 e. The molecule has 0 unspecified atom stereocenters. The van der Waals surface area contributed by atoms with Crippen LogP contribution in [-0.2, 0) is 0 Å². The molecular formula is C16H15BrN2O5. The zero-order chi connectivity index (χ0) is 17.3. The van der Waals surface area contributed by atoms with E-state index in [0.29, 0.717) is 30.8 Å². The lowest BCUT2D eigenvalue weighted by Crippen LogP contribution is -2.50. The lowest BCUT2D eigenvalue weighted by atomic mass is 10.1. The van der Waals surface area contributed by atoms with E-state index < -0.39 is 0 Å². The van der Waals surface area contributed by atoms with Gasteiger partial charge in [0.15, 0.2) is 10.4 Å². The summed E-state index contributed by atoms with van der Waals surface area (Å²) >= 11 is 3.16. The fourth-order valence-corrected chi connectivity index (χ4v) is 2.91. The Balaban J connectivity index is 1.64. The number of amides is 2. The quantitative estimate of drug-likeness (QED) is 0.812. The van der Waals surface area contributed by atoms with Crippen molar-refractivity contribution in [2.45, 2.75) is 0 Å². The first-order chi connectivity index (χ1) is 11.4. The minimum atomic E-state index is -0.297. The summed E-state index contributed by atoms with van der Waals surface area (Å²) in [6, 6.07) is 7.02. The van der Waals surface area contributed by atoms with Crippen LogP contribution in [0.5, 0.6) is 11.5 Å². The number of benzene rings is 1. The third-order valence-electron chi connectivity index (χ3n) is 3.79. The molecule has 2 N–H and O–H groups in total. The van der Waals surface area contributed by atoms with Crippen LogP contribution in [0.25, 0.3) is 0 Å². The summed E-state index contributed by atoms with van der Waals surface area (Å²) in [4.78, 5) is 27.9. The molecule has 1 aromatic carbocycles. The van der Waals surface area contributed by atoms with Crippen molar-refractivity contribution < 1.29 is 24.2 Å². The second-order valence-electron chi connectivity index (χ2n) is 5.43. The zero-order valence-corrected chi connectivity index (χ0v) is 14.2. The Hall–Kier alpha value is -2.48. The average Bonchev–Trinajstić information content (AvgIpc) is 2.99. The molecule has 126 valence electrons. The number of hydrogen-bond acceptors (Lipinski definition) is 5.